The third-order valence-corrected chi connectivity index (χ3v) is 1.45. The van der Waals surface area contributed by atoms with Gasteiger partial charge in [0.05, 0.1) is 12.6 Å². The summed E-state index contributed by atoms with van der Waals surface area (Å²) in [6, 6.07) is 0. The van der Waals surface area contributed by atoms with Crippen molar-refractivity contribution in [1.29, 1.82) is 0 Å². The average molecular weight is 154 g/mol. The molecule has 10 heavy (non-hydrogen) atoms. The maximum atomic E-state index is 11.8. The maximum absolute atomic E-state index is 11.8. The molecule has 2 N–H and O–H groups in total. The minimum absolute atomic E-state index is 0.285. The van der Waals surface area contributed by atoms with Crippen molar-refractivity contribution in [2.75, 3.05) is 7.05 Å². The van der Waals surface area contributed by atoms with Crippen molar-refractivity contribution < 1.29 is 18.5 Å². The van der Waals surface area contributed by atoms with Gasteiger partial charge in [-0.2, -0.15) is 13.2 Å². The lowest BCUT2D eigenvalue weighted by atomic mass is 10.2. The number of nitrogens with two attached hydrogens (primary N) is 1. The Morgan fingerprint density at radius 2 is 1.60 bits per heavy atom. The number of quaternary nitrogens is 1. The molecule has 0 aliphatic rings. The molecular weight excluding hydrogens is 143 g/mol. The Labute approximate surface area is 57.9 Å². The first-order valence-corrected chi connectivity index (χ1v) is 2.93. The van der Waals surface area contributed by atoms with E-state index in [0.29, 0.717) is 0 Å². The van der Waals surface area contributed by atoms with E-state index in [-0.39, 0.29) is 5.70 Å². The SMILES string of the molecule is C[NH2+]C(C)=C(C)C(F)(F)F. The first-order valence-electron chi connectivity index (χ1n) is 2.93. The molecule has 60 valence electrons. The van der Waals surface area contributed by atoms with Gasteiger partial charge in [0.2, 0.25) is 0 Å². The van der Waals surface area contributed by atoms with Crippen LogP contribution in [-0.4, -0.2) is 13.2 Å². The van der Waals surface area contributed by atoms with Gasteiger partial charge in [-0.1, -0.05) is 0 Å². The van der Waals surface area contributed by atoms with Crippen molar-refractivity contribution in [3.63, 3.8) is 0 Å². The van der Waals surface area contributed by atoms with Gasteiger partial charge in [-0.25, -0.2) is 0 Å². The van der Waals surface area contributed by atoms with Gasteiger partial charge in [0.15, 0.2) is 0 Å². The molecule has 0 saturated heterocycles. The number of alkyl halides is 3. The smallest absolute Gasteiger partial charge is 0.320 e. The Morgan fingerprint density at radius 1 is 1.20 bits per heavy atom. The molecular formula is C6H11F3N+. The van der Waals surface area contributed by atoms with Crippen molar-refractivity contribution in [2.45, 2.75) is 20.0 Å². The van der Waals surface area contributed by atoms with E-state index in [4.69, 9.17) is 0 Å². The summed E-state index contributed by atoms with van der Waals surface area (Å²) in [5.41, 5.74) is -0.234. The van der Waals surface area contributed by atoms with Crippen LogP contribution < -0.4 is 5.32 Å². The van der Waals surface area contributed by atoms with Gasteiger partial charge in [0, 0.05) is 6.92 Å². The minimum Gasteiger partial charge on any atom is -0.320 e. The van der Waals surface area contributed by atoms with Gasteiger partial charge in [0.1, 0.15) is 5.70 Å². The molecule has 0 atom stereocenters. The standard InChI is InChI=1S/C6H10F3N/c1-4(5(2)10-3)6(7,8)9/h10H,1-3H3/p+1. The Bertz CT molecular complexity index is 146. The summed E-state index contributed by atoms with van der Waals surface area (Å²) in [6.45, 7) is 2.53. The van der Waals surface area contributed by atoms with Crippen LogP contribution in [0.25, 0.3) is 0 Å². The van der Waals surface area contributed by atoms with E-state index in [2.05, 4.69) is 0 Å². The zero-order valence-corrected chi connectivity index (χ0v) is 6.21. The number of halogens is 3. The summed E-state index contributed by atoms with van der Waals surface area (Å²) in [6.07, 6.45) is -4.17. The van der Waals surface area contributed by atoms with Crippen LogP contribution in [0.3, 0.4) is 0 Å². The van der Waals surface area contributed by atoms with Crippen LogP contribution in [0.2, 0.25) is 0 Å². The second-order valence-corrected chi connectivity index (χ2v) is 2.09. The molecule has 0 heterocycles. The summed E-state index contributed by atoms with van der Waals surface area (Å²) in [4.78, 5) is 0. The van der Waals surface area contributed by atoms with E-state index in [9.17, 15) is 13.2 Å². The molecule has 4 heteroatoms. The molecule has 0 aliphatic carbocycles. The largest absolute Gasteiger partial charge is 0.417 e. The van der Waals surface area contributed by atoms with Gasteiger partial charge >= 0.3 is 6.18 Å². The van der Waals surface area contributed by atoms with Crippen LogP contribution in [0, 0.1) is 0 Å². The molecule has 0 aromatic heterocycles. The molecule has 0 aromatic carbocycles. The Balaban J connectivity index is 4.47. The van der Waals surface area contributed by atoms with Crippen molar-refractivity contribution in [2.24, 2.45) is 0 Å². The van der Waals surface area contributed by atoms with Gasteiger partial charge in [-0.15, -0.1) is 0 Å². The van der Waals surface area contributed by atoms with Crippen molar-refractivity contribution in [3.8, 4) is 0 Å². The molecule has 0 aromatic rings. The third-order valence-electron chi connectivity index (χ3n) is 1.45. The molecule has 0 spiro atoms. The fourth-order valence-electron chi connectivity index (χ4n) is 0.440. The molecule has 0 amide bonds. The highest BCUT2D eigenvalue weighted by molar-refractivity contribution is 5.07. The normalized spacial score (nSPS) is 15.0. The van der Waals surface area contributed by atoms with Gasteiger partial charge < -0.3 is 5.32 Å². The number of allylic oxidation sites excluding steroid dienone is 2. The topological polar surface area (TPSA) is 16.6 Å². The second kappa shape index (κ2) is 3.05. The first kappa shape index (κ1) is 9.49. The highest BCUT2D eigenvalue weighted by atomic mass is 19.4. The third kappa shape index (κ3) is 2.39. The van der Waals surface area contributed by atoms with Crippen molar-refractivity contribution >= 4 is 0 Å². The minimum atomic E-state index is -4.17. The van der Waals surface area contributed by atoms with E-state index in [1.54, 1.807) is 7.05 Å². The molecule has 0 bridgehead atoms. The van der Waals surface area contributed by atoms with Gasteiger partial charge in [-0.3, -0.25) is 0 Å². The lowest BCUT2D eigenvalue weighted by molar-refractivity contribution is -0.577. The van der Waals surface area contributed by atoms with Crippen LogP contribution in [0.4, 0.5) is 13.2 Å². The fourth-order valence-corrected chi connectivity index (χ4v) is 0.440. The predicted octanol–water partition coefficient (Wildman–Crippen LogP) is 1.04. The lowest BCUT2D eigenvalue weighted by Gasteiger charge is -2.06. The summed E-state index contributed by atoms with van der Waals surface area (Å²) < 4.78 is 35.4. The van der Waals surface area contributed by atoms with Crippen LogP contribution in [-0.2, 0) is 0 Å². The van der Waals surface area contributed by atoms with E-state index < -0.39 is 11.7 Å². The highest BCUT2D eigenvalue weighted by Gasteiger charge is 2.33. The number of rotatable bonds is 1. The van der Waals surface area contributed by atoms with E-state index in [0.717, 1.165) is 6.92 Å². The van der Waals surface area contributed by atoms with Gasteiger partial charge in [-0.05, 0) is 6.92 Å². The molecule has 0 aliphatic heterocycles. The second-order valence-electron chi connectivity index (χ2n) is 2.09. The molecule has 0 unspecified atom stereocenters. The van der Waals surface area contributed by atoms with Crippen molar-refractivity contribution in [3.05, 3.63) is 11.3 Å². The predicted molar refractivity (Wildman–Crippen MR) is 32.3 cm³/mol. The van der Waals surface area contributed by atoms with Crippen molar-refractivity contribution in [1.82, 2.24) is 0 Å². The number of hydrogen-bond acceptors (Lipinski definition) is 0. The van der Waals surface area contributed by atoms with Crippen LogP contribution in [0.5, 0.6) is 0 Å². The van der Waals surface area contributed by atoms with E-state index in [1.165, 1.54) is 12.2 Å². The highest BCUT2D eigenvalue weighted by Crippen LogP contribution is 2.25. The zero-order valence-electron chi connectivity index (χ0n) is 6.21. The quantitative estimate of drug-likeness (QED) is 0.581. The molecule has 0 radical (unpaired) electrons. The van der Waals surface area contributed by atoms with Crippen LogP contribution in [0.15, 0.2) is 11.3 Å². The Kier molecular flexibility index (Phi) is 2.90. The summed E-state index contributed by atoms with van der Waals surface area (Å²) in [5, 5.41) is 1.45. The van der Waals surface area contributed by atoms with Gasteiger partial charge in [0.25, 0.3) is 0 Å². The Morgan fingerprint density at radius 3 is 1.70 bits per heavy atom. The molecule has 0 saturated carbocycles. The van der Waals surface area contributed by atoms with E-state index >= 15 is 0 Å². The van der Waals surface area contributed by atoms with E-state index in [1.807, 2.05) is 0 Å². The monoisotopic (exact) mass is 154 g/mol. The Hall–Kier alpha value is -0.510. The fraction of sp³-hybridized carbons (Fsp3) is 0.667. The number of hydrogen-bond donors (Lipinski definition) is 1. The lowest BCUT2D eigenvalue weighted by Crippen LogP contribution is -2.77. The zero-order chi connectivity index (χ0) is 8.36. The van der Waals surface area contributed by atoms with Crippen LogP contribution in [0.1, 0.15) is 13.8 Å². The summed E-state index contributed by atoms with van der Waals surface area (Å²) in [5.74, 6) is 0. The summed E-state index contributed by atoms with van der Waals surface area (Å²) in [7, 11) is 1.59. The van der Waals surface area contributed by atoms with Crippen LogP contribution >= 0.6 is 0 Å². The molecule has 0 rings (SSSR count). The average Bonchev–Trinajstić information content (AvgIpc) is 1.83. The summed E-state index contributed by atoms with van der Waals surface area (Å²) >= 11 is 0. The first-order chi connectivity index (χ1) is 4.39. The maximum Gasteiger partial charge on any atom is 0.417 e. The molecule has 0 fully saturated rings. The molecule has 1 nitrogen and oxygen atoms in total.